The molecule has 0 bridgehead atoms. The maximum Gasteiger partial charge on any atom is 0.245 e. The number of amides is 2. The topological polar surface area (TPSA) is 83.6 Å². The monoisotopic (exact) mass is 290 g/mol. The number of piperazine rings is 1. The average Bonchev–Trinajstić information content (AvgIpc) is 2.31. The second kappa shape index (κ2) is 6.36. The van der Waals surface area contributed by atoms with Gasteiger partial charge in [-0.15, -0.1) is 0 Å². The quantitative estimate of drug-likeness (QED) is 0.734. The zero-order valence-electron chi connectivity index (χ0n) is 11.7. The molecule has 1 atom stereocenters. The summed E-state index contributed by atoms with van der Waals surface area (Å²) in [6, 6.07) is -0.523. The Kier molecular flexibility index (Phi) is 5.34. The van der Waals surface area contributed by atoms with Crippen molar-refractivity contribution in [2.24, 2.45) is 5.92 Å². The highest BCUT2D eigenvalue weighted by molar-refractivity contribution is 7.91. The van der Waals surface area contributed by atoms with Crippen LogP contribution < -0.4 is 5.32 Å². The van der Waals surface area contributed by atoms with Crippen molar-refractivity contribution in [3.63, 3.8) is 0 Å². The lowest BCUT2D eigenvalue weighted by Crippen LogP contribution is -2.59. The Morgan fingerprint density at radius 3 is 2.53 bits per heavy atom. The van der Waals surface area contributed by atoms with Gasteiger partial charge in [0, 0.05) is 12.3 Å². The number of carbonyl (C=O) groups excluding carboxylic acids is 2. The molecule has 19 heavy (non-hydrogen) atoms. The third kappa shape index (κ3) is 4.81. The normalized spacial score (nSPS) is 20.8. The molecule has 1 aliphatic heterocycles. The van der Waals surface area contributed by atoms with Crippen LogP contribution in [-0.2, 0) is 19.4 Å². The lowest BCUT2D eigenvalue weighted by Gasteiger charge is -2.33. The number of hydrogen-bond donors (Lipinski definition) is 1. The van der Waals surface area contributed by atoms with Crippen molar-refractivity contribution in [2.45, 2.75) is 33.2 Å². The summed E-state index contributed by atoms with van der Waals surface area (Å²) < 4.78 is 22.9. The van der Waals surface area contributed by atoms with Crippen LogP contribution in [0.1, 0.15) is 27.2 Å². The fourth-order valence-electron chi connectivity index (χ4n) is 1.99. The first-order valence-corrected chi connectivity index (χ1v) is 8.36. The Morgan fingerprint density at radius 1 is 1.37 bits per heavy atom. The van der Waals surface area contributed by atoms with Gasteiger partial charge >= 0.3 is 0 Å². The van der Waals surface area contributed by atoms with E-state index in [4.69, 9.17) is 0 Å². The Balaban J connectivity index is 2.67. The smallest absolute Gasteiger partial charge is 0.245 e. The molecule has 110 valence electrons. The third-order valence-electron chi connectivity index (χ3n) is 3.10. The van der Waals surface area contributed by atoms with E-state index in [1.807, 2.05) is 13.8 Å². The number of rotatable bonds is 6. The van der Waals surface area contributed by atoms with E-state index in [2.05, 4.69) is 5.32 Å². The van der Waals surface area contributed by atoms with Gasteiger partial charge in [-0.05, 0) is 12.3 Å². The first-order chi connectivity index (χ1) is 8.75. The maximum absolute atomic E-state index is 12.1. The van der Waals surface area contributed by atoms with E-state index in [1.54, 1.807) is 6.92 Å². The molecule has 0 aromatic carbocycles. The van der Waals surface area contributed by atoms with Crippen LogP contribution in [0.2, 0.25) is 0 Å². The molecule has 1 fully saturated rings. The van der Waals surface area contributed by atoms with Crippen molar-refractivity contribution in [1.82, 2.24) is 10.2 Å². The Hall–Kier alpha value is -1.11. The standard InChI is InChI=1S/C12H22N2O4S/c1-4-19(17,18)6-5-14-8-11(15)13-10(12(14)16)7-9(2)3/h9-10H,4-8H2,1-3H3,(H,13,15). The molecule has 1 heterocycles. The van der Waals surface area contributed by atoms with Crippen molar-refractivity contribution < 1.29 is 18.0 Å². The molecule has 1 rings (SSSR count). The second-order valence-electron chi connectivity index (χ2n) is 5.25. The Labute approximate surface area is 114 Å². The van der Waals surface area contributed by atoms with Crippen LogP contribution in [0.4, 0.5) is 0 Å². The van der Waals surface area contributed by atoms with E-state index in [1.165, 1.54) is 4.90 Å². The minimum absolute atomic E-state index is 0.0489. The fraction of sp³-hybridized carbons (Fsp3) is 0.833. The number of hydrogen-bond acceptors (Lipinski definition) is 4. The summed E-state index contributed by atoms with van der Waals surface area (Å²) in [6.45, 7) is 5.56. The molecule has 0 aromatic rings. The molecule has 1 saturated heterocycles. The van der Waals surface area contributed by atoms with Gasteiger partial charge in [0.2, 0.25) is 11.8 Å². The van der Waals surface area contributed by atoms with E-state index >= 15 is 0 Å². The Bertz CT molecular complexity index is 445. The van der Waals surface area contributed by atoms with Crippen molar-refractivity contribution in [2.75, 3.05) is 24.6 Å². The van der Waals surface area contributed by atoms with Crippen LogP contribution in [-0.4, -0.2) is 55.8 Å². The van der Waals surface area contributed by atoms with Gasteiger partial charge in [-0.1, -0.05) is 20.8 Å². The first-order valence-electron chi connectivity index (χ1n) is 6.53. The highest BCUT2D eigenvalue weighted by Crippen LogP contribution is 2.11. The molecule has 0 radical (unpaired) electrons. The third-order valence-corrected chi connectivity index (χ3v) is 4.78. The lowest BCUT2D eigenvalue weighted by atomic mass is 10.0. The highest BCUT2D eigenvalue weighted by Gasteiger charge is 2.33. The van der Waals surface area contributed by atoms with Gasteiger partial charge in [-0.2, -0.15) is 0 Å². The summed E-state index contributed by atoms with van der Waals surface area (Å²) in [5.74, 6) is -0.152. The molecule has 0 saturated carbocycles. The van der Waals surface area contributed by atoms with E-state index in [0.29, 0.717) is 6.42 Å². The highest BCUT2D eigenvalue weighted by atomic mass is 32.2. The summed E-state index contributed by atoms with van der Waals surface area (Å²) in [6.07, 6.45) is 0.571. The van der Waals surface area contributed by atoms with E-state index in [0.717, 1.165) is 0 Å². The molecule has 0 aromatic heterocycles. The number of carbonyl (C=O) groups is 2. The summed E-state index contributed by atoms with van der Waals surface area (Å²) in [7, 11) is -3.13. The molecule has 0 aliphatic carbocycles. The van der Waals surface area contributed by atoms with Crippen molar-refractivity contribution >= 4 is 21.7 Å². The minimum Gasteiger partial charge on any atom is -0.343 e. The molecule has 1 unspecified atom stereocenters. The number of nitrogens with zero attached hydrogens (tertiary/aromatic N) is 1. The molecule has 1 N–H and O–H groups in total. The van der Waals surface area contributed by atoms with Crippen molar-refractivity contribution in [1.29, 1.82) is 0 Å². The lowest BCUT2D eigenvalue weighted by molar-refractivity contribution is -0.144. The summed E-state index contributed by atoms with van der Waals surface area (Å²) in [5, 5.41) is 2.66. The SMILES string of the molecule is CCS(=O)(=O)CCN1CC(=O)NC(CC(C)C)C1=O. The van der Waals surface area contributed by atoms with Crippen LogP contribution in [0.25, 0.3) is 0 Å². The van der Waals surface area contributed by atoms with Crippen LogP contribution in [0, 0.1) is 5.92 Å². The summed E-state index contributed by atoms with van der Waals surface area (Å²) >= 11 is 0. The van der Waals surface area contributed by atoms with Gasteiger partial charge in [0.15, 0.2) is 9.84 Å². The van der Waals surface area contributed by atoms with Gasteiger partial charge in [0.25, 0.3) is 0 Å². The Morgan fingerprint density at radius 2 is 2.00 bits per heavy atom. The van der Waals surface area contributed by atoms with Crippen LogP contribution in [0.3, 0.4) is 0 Å². The molecular weight excluding hydrogens is 268 g/mol. The van der Waals surface area contributed by atoms with Crippen LogP contribution in [0.15, 0.2) is 0 Å². The molecular formula is C12H22N2O4S. The maximum atomic E-state index is 12.1. The van der Waals surface area contributed by atoms with Gasteiger partial charge in [-0.3, -0.25) is 9.59 Å². The summed E-state index contributed by atoms with van der Waals surface area (Å²) in [5.41, 5.74) is 0. The van der Waals surface area contributed by atoms with Crippen LogP contribution in [0.5, 0.6) is 0 Å². The van der Waals surface area contributed by atoms with Gasteiger partial charge in [-0.25, -0.2) is 8.42 Å². The second-order valence-corrected chi connectivity index (χ2v) is 7.72. The molecule has 7 heteroatoms. The van der Waals surface area contributed by atoms with Gasteiger partial charge in [0.1, 0.15) is 6.04 Å². The molecule has 2 amide bonds. The van der Waals surface area contributed by atoms with Gasteiger partial charge in [0.05, 0.1) is 12.3 Å². The first kappa shape index (κ1) is 15.9. The van der Waals surface area contributed by atoms with E-state index in [-0.39, 0.29) is 42.3 Å². The number of nitrogens with one attached hydrogen (secondary N) is 1. The van der Waals surface area contributed by atoms with Crippen molar-refractivity contribution in [3.05, 3.63) is 0 Å². The molecule has 0 spiro atoms. The van der Waals surface area contributed by atoms with E-state index in [9.17, 15) is 18.0 Å². The largest absolute Gasteiger partial charge is 0.343 e. The van der Waals surface area contributed by atoms with Crippen molar-refractivity contribution in [3.8, 4) is 0 Å². The zero-order valence-corrected chi connectivity index (χ0v) is 12.5. The predicted octanol–water partition coefficient (Wildman–Crippen LogP) is -0.206. The fourth-order valence-corrected chi connectivity index (χ4v) is 2.77. The number of sulfone groups is 1. The molecule has 1 aliphatic rings. The summed E-state index contributed by atoms with van der Waals surface area (Å²) in [4.78, 5) is 25.0. The predicted molar refractivity (Wildman–Crippen MR) is 72.3 cm³/mol. The van der Waals surface area contributed by atoms with Crippen LogP contribution >= 0.6 is 0 Å². The minimum atomic E-state index is -3.13. The van der Waals surface area contributed by atoms with E-state index < -0.39 is 15.9 Å². The zero-order chi connectivity index (χ0) is 14.6. The molecule has 6 nitrogen and oxygen atoms in total. The van der Waals surface area contributed by atoms with Gasteiger partial charge < -0.3 is 10.2 Å². The average molecular weight is 290 g/mol.